The van der Waals surface area contributed by atoms with Gasteiger partial charge in [-0.25, -0.2) is 22.7 Å². The second-order valence-electron chi connectivity index (χ2n) is 5.44. The highest BCUT2D eigenvalue weighted by molar-refractivity contribution is 7.89. The van der Waals surface area contributed by atoms with Gasteiger partial charge in [-0.05, 0) is 12.1 Å². The van der Waals surface area contributed by atoms with Crippen LogP contribution in [0.4, 0.5) is 0 Å². The quantitative estimate of drug-likeness (QED) is 0.686. The number of fused-ring (bicyclic) bond motifs is 1. The molecule has 3 rings (SSSR count). The minimum atomic E-state index is -3.70. The topological polar surface area (TPSA) is 86.0 Å². The van der Waals surface area contributed by atoms with Gasteiger partial charge in [0.1, 0.15) is 16.4 Å². The molecule has 0 aliphatic rings. The van der Waals surface area contributed by atoms with E-state index < -0.39 is 10.0 Å². The summed E-state index contributed by atoms with van der Waals surface area (Å²) >= 11 is 0. The van der Waals surface area contributed by atoms with Crippen LogP contribution in [-0.2, 0) is 10.0 Å². The fourth-order valence-electron chi connectivity index (χ4n) is 2.43. The highest BCUT2D eigenvalue weighted by Crippen LogP contribution is 2.38. The van der Waals surface area contributed by atoms with Crippen LogP contribution in [0, 0.1) is 0 Å². The first-order valence-corrected chi connectivity index (χ1v) is 8.81. The largest absolute Gasteiger partial charge is 0.496 e. The summed E-state index contributed by atoms with van der Waals surface area (Å²) in [6.07, 6.45) is 5.21. The summed E-state index contributed by atoms with van der Waals surface area (Å²) in [4.78, 5) is 8.66. The highest BCUT2D eigenvalue weighted by Gasteiger charge is 2.26. The maximum absolute atomic E-state index is 12.6. The van der Waals surface area contributed by atoms with Crippen molar-refractivity contribution in [3.05, 3.63) is 36.8 Å². The van der Waals surface area contributed by atoms with Crippen molar-refractivity contribution < 1.29 is 17.9 Å². The molecule has 3 aromatic rings. The van der Waals surface area contributed by atoms with Crippen LogP contribution in [0.25, 0.3) is 17.0 Å². The lowest BCUT2D eigenvalue weighted by molar-refractivity contribution is 0.385. The molecule has 0 N–H and O–H groups in total. The normalized spacial score (nSPS) is 11.9. The van der Waals surface area contributed by atoms with E-state index in [4.69, 9.17) is 9.47 Å². The number of hydrogen-bond donors (Lipinski definition) is 0. The van der Waals surface area contributed by atoms with E-state index in [9.17, 15) is 8.42 Å². The molecule has 2 aromatic heterocycles. The monoisotopic (exact) mass is 362 g/mol. The van der Waals surface area contributed by atoms with E-state index in [1.807, 2.05) is 6.20 Å². The smallest absolute Gasteiger partial charge is 0.246 e. The Morgan fingerprint density at radius 1 is 1.12 bits per heavy atom. The molecule has 2 heterocycles. The van der Waals surface area contributed by atoms with Crippen molar-refractivity contribution in [1.82, 2.24) is 18.7 Å². The number of benzene rings is 1. The minimum absolute atomic E-state index is 0.0424. The van der Waals surface area contributed by atoms with Crippen molar-refractivity contribution in [2.75, 3.05) is 28.3 Å². The first-order valence-electron chi connectivity index (χ1n) is 7.37. The van der Waals surface area contributed by atoms with Gasteiger partial charge >= 0.3 is 0 Å². The average molecular weight is 362 g/mol. The van der Waals surface area contributed by atoms with Gasteiger partial charge in [0.05, 0.1) is 19.9 Å². The van der Waals surface area contributed by atoms with Crippen molar-refractivity contribution in [3.63, 3.8) is 0 Å². The second kappa shape index (κ2) is 6.34. The Hall–Kier alpha value is -2.65. The zero-order chi connectivity index (χ0) is 18.2. The fraction of sp³-hybridized carbons (Fsp3) is 0.250. The van der Waals surface area contributed by atoms with Crippen molar-refractivity contribution in [1.29, 1.82) is 0 Å². The molecular formula is C16H18N4O4S. The van der Waals surface area contributed by atoms with Gasteiger partial charge in [0.2, 0.25) is 15.8 Å². The molecular weight excluding hydrogens is 344 g/mol. The van der Waals surface area contributed by atoms with Gasteiger partial charge in [-0.1, -0.05) is 0 Å². The molecule has 0 amide bonds. The van der Waals surface area contributed by atoms with Gasteiger partial charge in [-0.3, -0.25) is 4.40 Å². The third-order valence-corrected chi connectivity index (χ3v) is 5.59. The van der Waals surface area contributed by atoms with E-state index in [0.29, 0.717) is 22.8 Å². The fourth-order valence-corrected chi connectivity index (χ4v) is 3.48. The number of hydrogen-bond acceptors (Lipinski definition) is 6. The van der Waals surface area contributed by atoms with Crippen molar-refractivity contribution >= 4 is 15.8 Å². The maximum atomic E-state index is 12.6. The number of rotatable bonds is 5. The molecule has 0 radical (unpaired) electrons. The molecule has 0 saturated heterocycles. The lowest BCUT2D eigenvalue weighted by Gasteiger charge is -2.17. The second-order valence-corrected chi connectivity index (χ2v) is 7.56. The third kappa shape index (κ3) is 2.92. The summed E-state index contributed by atoms with van der Waals surface area (Å²) in [6.45, 7) is 0. The molecule has 9 heteroatoms. The number of aromatic nitrogens is 3. The Kier molecular flexibility index (Phi) is 4.36. The molecule has 0 bridgehead atoms. The van der Waals surface area contributed by atoms with Crippen LogP contribution in [-0.4, -0.2) is 55.4 Å². The maximum Gasteiger partial charge on any atom is 0.246 e. The van der Waals surface area contributed by atoms with Crippen molar-refractivity contribution in [3.8, 4) is 22.8 Å². The third-order valence-electron chi connectivity index (χ3n) is 3.76. The van der Waals surface area contributed by atoms with E-state index in [1.54, 1.807) is 28.9 Å². The molecule has 0 aliphatic heterocycles. The average Bonchev–Trinajstić information content (AvgIpc) is 3.04. The van der Waals surface area contributed by atoms with Crippen LogP contribution in [0.15, 0.2) is 41.7 Å². The summed E-state index contributed by atoms with van der Waals surface area (Å²) in [7, 11) is 2.15. The van der Waals surface area contributed by atoms with E-state index >= 15 is 0 Å². The Bertz CT molecular complexity index is 995. The lowest BCUT2D eigenvalue weighted by atomic mass is 10.1. The Morgan fingerprint density at radius 3 is 2.44 bits per heavy atom. The summed E-state index contributed by atoms with van der Waals surface area (Å²) in [5.74, 6) is 1.17. The number of sulfonamides is 1. The number of imidazole rings is 1. The van der Waals surface area contributed by atoms with Crippen LogP contribution in [0.2, 0.25) is 0 Å². The molecule has 8 nitrogen and oxygen atoms in total. The summed E-state index contributed by atoms with van der Waals surface area (Å²) in [5, 5.41) is 0. The van der Waals surface area contributed by atoms with E-state index in [0.717, 1.165) is 4.31 Å². The molecule has 0 spiro atoms. The SMILES string of the molecule is COc1cc(OC)c(S(=O)(=O)N(C)C)cc1-c1cn2cccnc2n1. The van der Waals surface area contributed by atoms with Gasteiger partial charge in [-0.15, -0.1) is 0 Å². The van der Waals surface area contributed by atoms with Gasteiger partial charge in [-0.2, -0.15) is 0 Å². The van der Waals surface area contributed by atoms with Gasteiger partial charge in [0.25, 0.3) is 0 Å². The molecule has 0 saturated carbocycles. The first kappa shape index (κ1) is 17.2. The van der Waals surface area contributed by atoms with Crippen LogP contribution in [0.1, 0.15) is 0 Å². The van der Waals surface area contributed by atoms with Gasteiger partial charge < -0.3 is 9.47 Å². The molecule has 0 atom stereocenters. The Labute approximate surface area is 145 Å². The zero-order valence-corrected chi connectivity index (χ0v) is 15.1. The molecule has 0 unspecified atom stereocenters. The summed E-state index contributed by atoms with van der Waals surface area (Å²) in [5.41, 5.74) is 1.09. The number of methoxy groups -OCH3 is 2. The summed E-state index contributed by atoms with van der Waals surface area (Å²) in [6, 6.07) is 4.84. The molecule has 0 fully saturated rings. The molecule has 1 aromatic carbocycles. The van der Waals surface area contributed by atoms with E-state index in [-0.39, 0.29) is 10.6 Å². The zero-order valence-electron chi connectivity index (χ0n) is 14.3. The van der Waals surface area contributed by atoms with Crippen LogP contribution >= 0.6 is 0 Å². The van der Waals surface area contributed by atoms with E-state index in [1.165, 1.54) is 34.4 Å². The van der Waals surface area contributed by atoms with Crippen LogP contribution in [0.3, 0.4) is 0 Å². The van der Waals surface area contributed by atoms with Crippen LogP contribution in [0.5, 0.6) is 11.5 Å². The van der Waals surface area contributed by atoms with Gasteiger partial charge in [0.15, 0.2) is 0 Å². The lowest BCUT2D eigenvalue weighted by Crippen LogP contribution is -2.23. The highest BCUT2D eigenvalue weighted by atomic mass is 32.2. The number of ether oxygens (including phenoxy) is 2. The Balaban J connectivity index is 2.28. The van der Waals surface area contributed by atoms with E-state index in [2.05, 4.69) is 9.97 Å². The predicted molar refractivity (Wildman–Crippen MR) is 92.4 cm³/mol. The molecule has 0 aliphatic carbocycles. The molecule has 25 heavy (non-hydrogen) atoms. The Morgan fingerprint density at radius 2 is 1.84 bits per heavy atom. The van der Waals surface area contributed by atoms with Crippen molar-refractivity contribution in [2.24, 2.45) is 0 Å². The predicted octanol–water partition coefficient (Wildman–Crippen LogP) is 1.66. The summed E-state index contributed by atoms with van der Waals surface area (Å²) < 4.78 is 38.8. The van der Waals surface area contributed by atoms with Crippen molar-refractivity contribution in [2.45, 2.75) is 4.90 Å². The standard InChI is InChI=1S/C16H18N4O4S/c1-19(2)25(21,22)15-8-11(13(23-3)9-14(15)24-4)12-10-20-7-5-6-17-16(20)18-12/h5-10H,1-4H3. The van der Waals surface area contributed by atoms with Crippen LogP contribution < -0.4 is 9.47 Å². The minimum Gasteiger partial charge on any atom is -0.496 e. The number of nitrogens with zero attached hydrogens (tertiary/aromatic N) is 4. The molecule has 132 valence electrons. The first-order chi connectivity index (χ1) is 11.9. The van der Waals surface area contributed by atoms with Gasteiger partial charge in [0, 0.05) is 44.3 Å².